The van der Waals surface area contributed by atoms with Gasteiger partial charge < -0.3 is 15.6 Å². The average molecular weight is 239 g/mol. The Morgan fingerprint density at radius 1 is 1.06 bits per heavy atom. The maximum absolute atomic E-state index is 10.8. The molecule has 1 saturated heterocycles. The zero-order valence-electron chi connectivity index (χ0n) is 10.7. The first kappa shape index (κ1) is 11.9. The highest BCUT2D eigenvalue weighted by atomic mass is 16.5. The summed E-state index contributed by atoms with van der Waals surface area (Å²) in [5.74, 6) is 0.419. The number of ether oxygens (including phenoxy) is 1. The summed E-state index contributed by atoms with van der Waals surface area (Å²) in [5, 5.41) is 10.8. The van der Waals surface area contributed by atoms with Gasteiger partial charge in [0.2, 0.25) is 0 Å². The quantitative estimate of drug-likeness (QED) is 0.735. The monoisotopic (exact) mass is 239 g/mol. The fourth-order valence-corrected chi connectivity index (χ4v) is 4.32. The maximum Gasteiger partial charge on any atom is 0.0693 e. The van der Waals surface area contributed by atoms with Crippen molar-refractivity contribution in [1.82, 2.24) is 0 Å². The molecular weight excluding hydrogens is 214 g/mol. The minimum atomic E-state index is -0.487. The van der Waals surface area contributed by atoms with Gasteiger partial charge in [0.15, 0.2) is 0 Å². The number of hydrogen-bond acceptors (Lipinski definition) is 3. The zero-order chi connectivity index (χ0) is 11.9. The molecule has 0 radical (unpaired) electrons. The molecule has 0 amide bonds. The van der Waals surface area contributed by atoms with Crippen LogP contribution < -0.4 is 5.73 Å². The van der Waals surface area contributed by atoms with E-state index < -0.39 is 5.60 Å². The van der Waals surface area contributed by atoms with Crippen LogP contribution >= 0.6 is 0 Å². The molecule has 3 atom stereocenters. The Bertz CT molecular complexity index is 288. The third-order valence-electron chi connectivity index (χ3n) is 5.33. The Morgan fingerprint density at radius 2 is 1.82 bits per heavy atom. The van der Waals surface area contributed by atoms with E-state index in [1.54, 1.807) is 0 Å². The van der Waals surface area contributed by atoms with Gasteiger partial charge in [0.25, 0.3) is 0 Å². The van der Waals surface area contributed by atoms with E-state index in [-0.39, 0.29) is 11.6 Å². The van der Waals surface area contributed by atoms with Crippen molar-refractivity contribution in [3.05, 3.63) is 0 Å². The largest absolute Gasteiger partial charge is 0.390 e. The first-order chi connectivity index (χ1) is 8.12. The summed E-state index contributed by atoms with van der Waals surface area (Å²) in [6.45, 7) is 0.836. The smallest absolute Gasteiger partial charge is 0.0693 e. The Hall–Kier alpha value is -0.120. The molecule has 3 N–H and O–H groups in total. The van der Waals surface area contributed by atoms with Crippen molar-refractivity contribution >= 4 is 0 Å². The van der Waals surface area contributed by atoms with Gasteiger partial charge in [-0.05, 0) is 50.9 Å². The highest BCUT2D eigenvalue weighted by Crippen LogP contribution is 2.48. The van der Waals surface area contributed by atoms with E-state index in [4.69, 9.17) is 10.5 Å². The van der Waals surface area contributed by atoms with Crippen molar-refractivity contribution in [2.45, 2.75) is 75.0 Å². The standard InChI is InChI=1S/C14H25NO2/c15-12-3-7-14(16,10-12)11-4-8-17-13(9-11)5-1-2-6-13/h11-12,16H,1-10,15H2. The second kappa shape index (κ2) is 4.22. The molecule has 2 saturated carbocycles. The van der Waals surface area contributed by atoms with Gasteiger partial charge in [0, 0.05) is 12.6 Å². The fourth-order valence-electron chi connectivity index (χ4n) is 4.32. The number of rotatable bonds is 1. The number of hydrogen-bond donors (Lipinski definition) is 2. The molecule has 1 spiro atoms. The van der Waals surface area contributed by atoms with E-state index in [9.17, 15) is 5.11 Å². The molecule has 0 aromatic carbocycles. The van der Waals surface area contributed by atoms with Crippen molar-refractivity contribution in [3.63, 3.8) is 0 Å². The molecule has 3 heteroatoms. The van der Waals surface area contributed by atoms with Crippen LogP contribution in [0.1, 0.15) is 57.8 Å². The van der Waals surface area contributed by atoms with Crippen molar-refractivity contribution < 1.29 is 9.84 Å². The van der Waals surface area contributed by atoms with Gasteiger partial charge >= 0.3 is 0 Å². The SMILES string of the molecule is NC1CCC(O)(C2CCOC3(CCCC3)C2)C1. The van der Waals surface area contributed by atoms with Crippen LogP contribution in [0.2, 0.25) is 0 Å². The van der Waals surface area contributed by atoms with Crippen molar-refractivity contribution in [1.29, 1.82) is 0 Å². The third-order valence-corrected chi connectivity index (χ3v) is 5.33. The Kier molecular flexibility index (Phi) is 2.96. The van der Waals surface area contributed by atoms with Crippen LogP contribution in [0, 0.1) is 5.92 Å². The van der Waals surface area contributed by atoms with E-state index in [1.165, 1.54) is 25.7 Å². The molecule has 2 aliphatic carbocycles. The predicted octanol–water partition coefficient (Wildman–Crippen LogP) is 1.97. The highest BCUT2D eigenvalue weighted by Gasteiger charge is 2.49. The van der Waals surface area contributed by atoms with E-state index in [0.29, 0.717) is 5.92 Å². The van der Waals surface area contributed by atoms with Crippen LogP contribution in [0.4, 0.5) is 0 Å². The van der Waals surface area contributed by atoms with Crippen LogP contribution in [-0.2, 0) is 4.74 Å². The summed E-state index contributed by atoms with van der Waals surface area (Å²) in [5.41, 5.74) is 5.60. The lowest BCUT2D eigenvalue weighted by molar-refractivity contribution is -0.138. The summed E-state index contributed by atoms with van der Waals surface area (Å²) in [4.78, 5) is 0. The highest BCUT2D eigenvalue weighted by molar-refractivity contribution is 5.01. The first-order valence-corrected chi connectivity index (χ1v) is 7.24. The Balaban J connectivity index is 1.71. The molecule has 1 heterocycles. The van der Waals surface area contributed by atoms with Gasteiger partial charge in [0.1, 0.15) is 0 Å². The fraction of sp³-hybridized carbons (Fsp3) is 1.00. The summed E-state index contributed by atoms with van der Waals surface area (Å²) in [6.07, 6.45) is 9.76. The number of nitrogens with two attached hydrogens (primary N) is 1. The van der Waals surface area contributed by atoms with E-state index >= 15 is 0 Å². The van der Waals surface area contributed by atoms with Gasteiger partial charge in [-0.3, -0.25) is 0 Å². The lowest BCUT2D eigenvalue weighted by Gasteiger charge is -2.44. The molecule has 1 aliphatic heterocycles. The lowest BCUT2D eigenvalue weighted by Crippen LogP contribution is -2.46. The Morgan fingerprint density at radius 3 is 2.47 bits per heavy atom. The second-order valence-corrected chi connectivity index (χ2v) is 6.53. The topological polar surface area (TPSA) is 55.5 Å². The molecule has 3 unspecified atom stereocenters. The minimum absolute atomic E-state index is 0.116. The summed E-state index contributed by atoms with van der Waals surface area (Å²) in [6, 6.07) is 0.211. The minimum Gasteiger partial charge on any atom is -0.390 e. The number of aliphatic hydroxyl groups is 1. The molecule has 0 bridgehead atoms. The summed E-state index contributed by atoms with van der Waals surface area (Å²) >= 11 is 0. The predicted molar refractivity (Wildman–Crippen MR) is 66.7 cm³/mol. The molecule has 3 rings (SSSR count). The molecule has 3 fully saturated rings. The van der Waals surface area contributed by atoms with Gasteiger partial charge in [-0.1, -0.05) is 12.8 Å². The van der Waals surface area contributed by atoms with Crippen molar-refractivity contribution in [2.24, 2.45) is 11.7 Å². The molecule has 98 valence electrons. The average Bonchev–Trinajstić information content (AvgIpc) is 2.88. The second-order valence-electron chi connectivity index (χ2n) is 6.53. The van der Waals surface area contributed by atoms with Crippen molar-refractivity contribution in [2.75, 3.05) is 6.61 Å². The lowest BCUT2D eigenvalue weighted by atomic mass is 9.74. The van der Waals surface area contributed by atoms with Crippen LogP contribution in [0.15, 0.2) is 0 Å². The first-order valence-electron chi connectivity index (χ1n) is 7.24. The molecule has 17 heavy (non-hydrogen) atoms. The van der Waals surface area contributed by atoms with Crippen molar-refractivity contribution in [3.8, 4) is 0 Å². The molecular formula is C14H25NO2. The van der Waals surface area contributed by atoms with Crippen LogP contribution in [0.5, 0.6) is 0 Å². The summed E-state index contributed by atoms with van der Waals surface area (Å²) < 4.78 is 6.05. The molecule has 0 aromatic rings. The van der Waals surface area contributed by atoms with Crippen LogP contribution in [-0.4, -0.2) is 29.0 Å². The van der Waals surface area contributed by atoms with Gasteiger partial charge in [0.05, 0.1) is 11.2 Å². The molecule has 3 nitrogen and oxygen atoms in total. The zero-order valence-corrected chi connectivity index (χ0v) is 10.7. The van der Waals surface area contributed by atoms with E-state index in [1.807, 2.05) is 0 Å². The van der Waals surface area contributed by atoms with E-state index in [2.05, 4.69) is 0 Å². The third kappa shape index (κ3) is 2.13. The summed E-state index contributed by atoms with van der Waals surface area (Å²) in [7, 11) is 0. The molecule has 0 aromatic heterocycles. The van der Waals surface area contributed by atoms with Gasteiger partial charge in [-0.25, -0.2) is 0 Å². The maximum atomic E-state index is 10.8. The van der Waals surface area contributed by atoms with Crippen LogP contribution in [0.25, 0.3) is 0 Å². The normalized spacial score (nSPS) is 45.5. The van der Waals surface area contributed by atoms with Crippen LogP contribution in [0.3, 0.4) is 0 Å². The Labute approximate surface area is 104 Å². The van der Waals surface area contributed by atoms with Gasteiger partial charge in [-0.15, -0.1) is 0 Å². The van der Waals surface area contributed by atoms with Gasteiger partial charge in [-0.2, -0.15) is 0 Å². The van der Waals surface area contributed by atoms with E-state index in [0.717, 1.165) is 38.7 Å². The molecule has 3 aliphatic rings.